The fourth-order valence-corrected chi connectivity index (χ4v) is 2.94. The van der Waals surface area contributed by atoms with Gasteiger partial charge in [0.2, 0.25) is 0 Å². The van der Waals surface area contributed by atoms with Crippen LogP contribution < -0.4 is 5.32 Å². The van der Waals surface area contributed by atoms with Crippen molar-refractivity contribution < 1.29 is 19.1 Å². The van der Waals surface area contributed by atoms with Crippen molar-refractivity contribution in [3.63, 3.8) is 0 Å². The van der Waals surface area contributed by atoms with Gasteiger partial charge in [-0.05, 0) is 46.3 Å². The highest BCUT2D eigenvalue weighted by atomic mass is 79.9. The highest BCUT2D eigenvalue weighted by molar-refractivity contribution is 9.11. The summed E-state index contributed by atoms with van der Waals surface area (Å²) in [5.41, 5.74) is -0.361. The van der Waals surface area contributed by atoms with Gasteiger partial charge in [-0.3, -0.25) is 4.79 Å². The largest absolute Gasteiger partial charge is 0.478 e. The second-order valence-corrected chi connectivity index (χ2v) is 5.82. The van der Waals surface area contributed by atoms with Crippen LogP contribution in [0.15, 0.2) is 45.3 Å². The van der Waals surface area contributed by atoms with Crippen LogP contribution in [0.4, 0.5) is 10.1 Å². The molecule has 0 saturated carbocycles. The second kappa shape index (κ2) is 6.36. The van der Waals surface area contributed by atoms with Gasteiger partial charge in [-0.15, -0.1) is 0 Å². The molecule has 0 bridgehead atoms. The van der Waals surface area contributed by atoms with Crippen LogP contribution in [-0.4, -0.2) is 17.0 Å². The third-order valence-corrected chi connectivity index (χ3v) is 3.80. The zero-order valence-corrected chi connectivity index (χ0v) is 13.5. The molecule has 0 fully saturated rings. The van der Waals surface area contributed by atoms with E-state index >= 15 is 0 Å². The minimum atomic E-state index is -1.45. The molecule has 108 valence electrons. The Morgan fingerprint density at radius 2 is 1.86 bits per heavy atom. The molecule has 0 aliphatic carbocycles. The average Bonchev–Trinajstić information content (AvgIpc) is 2.37. The third kappa shape index (κ3) is 3.48. The summed E-state index contributed by atoms with van der Waals surface area (Å²) in [6.07, 6.45) is 0. The second-order valence-electron chi connectivity index (χ2n) is 4.05. The number of anilines is 1. The Hall–Kier alpha value is -1.73. The summed E-state index contributed by atoms with van der Waals surface area (Å²) in [5, 5.41) is 11.4. The van der Waals surface area contributed by atoms with Gasteiger partial charge in [0, 0.05) is 8.95 Å². The number of aromatic carboxylic acids is 1. The van der Waals surface area contributed by atoms with Gasteiger partial charge in [0.15, 0.2) is 0 Å². The summed E-state index contributed by atoms with van der Waals surface area (Å²) in [5.74, 6) is -2.89. The minimum Gasteiger partial charge on any atom is -0.478 e. The maximum Gasteiger partial charge on any atom is 0.340 e. The van der Waals surface area contributed by atoms with Gasteiger partial charge in [-0.2, -0.15) is 0 Å². The van der Waals surface area contributed by atoms with Crippen molar-refractivity contribution in [2.24, 2.45) is 0 Å². The Labute approximate surface area is 136 Å². The van der Waals surface area contributed by atoms with E-state index in [0.29, 0.717) is 10.0 Å². The fourth-order valence-electron chi connectivity index (χ4n) is 1.71. The number of hydrogen-bond donors (Lipinski definition) is 2. The van der Waals surface area contributed by atoms with Gasteiger partial charge in [-0.1, -0.05) is 22.0 Å². The lowest BCUT2D eigenvalue weighted by Gasteiger charge is -2.10. The van der Waals surface area contributed by atoms with E-state index in [-0.39, 0.29) is 5.69 Å². The molecule has 2 aromatic rings. The predicted octanol–water partition coefficient (Wildman–Crippen LogP) is 4.30. The fraction of sp³-hybridized carbons (Fsp3) is 0. The lowest BCUT2D eigenvalue weighted by molar-refractivity contribution is 0.0693. The summed E-state index contributed by atoms with van der Waals surface area (Å²) in [7, 11) is 0. The summed E-state index contributed by atoms with van der Waals surface area (Å²) in [4.78, 5) is 23.2. The number of halogens is 3. The van der Waals surface area contributed by atoms with E-state index in [1.165, 1.54) is 12.1 Å². The van der Waals surface area contributed by atoms with E-state index < -0.39 is 23.3 Å². The summed E-state index contributed by atoms with van der Waals surface area (Å²) >= 11 is 6.51. The number of hydrogen-bond acceptors (Lipinski definition) is 2. The molecule has 21 heavy (non-hydrogen) atoms. The number of benzene rings is 2. The number of carbonyl (C=O) groups is 2. The molecule has 0 unspecified atom stereocenters. The molecule has 2 rings (SSSR count). The molecule has 0 aromatic heterocycles. The average molecular weight is 417 g/mol. The Morgan fingerprint density at radius 1 is 1.14 bits per heavy atom. The minimum absolute atomic E-state index is 0.0951. The molecule has 0 heterocycles. The van der Waals surface area contributed by atoms with Crippen LogP contribution in [0.1, 0.15) is 20.7 Å². The van der Waals surface area contributed by atoms with Crippen LogP contribution >= 0.6 is 31.9 Å². The highest BCUT2D eigenvalue weighted by Crippen LogP contribution is 2.24. The molecule has 0 radical (unpaired) electrons. The van der Waals surface area contributed by atoms with Crippen LogP contribution in [0.3, 0.4) is 0 Å². The molecule has 0 spiro atoms. The zero-order chi connectivity index (χ0) is 15.6. The molecular weight excluding hydrogens is 409 g/mol. The zero-order valence-electron chi connectivity index (χ0n) is 10.4. The molecule has 0 aliphatic rings. The first-order chi connectivity index (χ1) is 9.90. The van der Waals surface area contributed by atoms with Gasteiger partial charge in [0.05, 0.1) is 11.3 Å². The number of rotatable bonds is 3. The van der Waals surface area contributed by atoms with Gasteiger partial charge in [0.1, 0.15) is 11.4 Å². The van der Waals surface area contributed by atoms with E-state index in [0.717, 1.165) is 10.5 Å². The van der Waals surface area contributed by atoms with Crippen molar-refractivity contribution in [1.82, 2.24) is 0 Å². The SMILES string of the molecule is O=C(Nc1cccc(F)c1C(=O)O)c1ccc(Br)cc1Br. The Kier molecular flexibility index (Phi) is 4.74. The first-order valence-corrected chi connectivity index (χ1v) is 7.27. The van der Waals surface area contributed by atoms with Crippen molar-refractivity contribution in [3.8, 4) is 0 Å². The summed E-state index contributed by atoms with van der Waals surface area (Å²) < 4.78 is 14.8. The van der Waals surface area contributed by atoms with Crippen molar-refractivity contribution in [3.05, 3.63) is 62.3 Å². The molecule has 1 amide bonds. The number of amides is 1. The molecule has 2 N–H and O–H groups in total. The van der Waals surface area contributed by atoms with E-state index in [1.54, 1.807) is 18.2 Å². The number of nitrogens with one attached hydrogen (secondary N) is 1. The number of carbonyl (C=O) groups excluding carboxylic acids is 1. The van der Waals surface area contributed by atoms with E-state index in [1.807, 2.05) is 0 Å². The predicted molar refractivity (Wildman–Crippen MR) is 83.2 cm³/mol. The van der Waals surface area contributed by atoms with E-state index in [2.05, 4.69) is 37.2 Å². The highest BCUT2D eigenvalue weighted by Gasteiger charge is 2.18. The van der Waals surface area contributed by atoms with Crippen LogP contribution in [0.2, 0.25) is 0 Å². The number of carboxylic acid groups (broad SMARTS) is 1. The smallest absolute Gasteiger partial charge is 0.340 e. The van der Waals surface area contributed by atoms with Crippen LogP contribution in [-0.2, 0) is 0 Å². The Bertz CT molecular complexity index is 734. The van der Waals surface area contributed by atoms with Crippen molar-refractivity contribution >= 4 is 49.4 Å². The summed E-state index contributed by atoms with van der Waals surface area (Å²) in [6.45, 7) is 0. The van der Waals surface area contributed by atoms with Gasteiger partial charge in [0.25, 0.3) is 5.91 Å². The van der Waals surface area contributed by atoms with Crippen molar-refractivity contribution in [1.29, 1.82) is 0 Å². The van der Waals surface area contributed by atoms with E-state index in [9.17, 15) is 14.0 Å². The quantitative estimate of drug-likeness (QED) is 0.783. The Morgan fingerprint density at radius 3 is 2.48 bits per heavy atom. The Balaban J connectivity index is 2.36. The van der Waals surface area contributed by atoms with Gasteiger partial charge >= 0.3 is 5.97 Å². The molecule has 0 atom stereocenters. The molecule has 4 nitrogen and oxygen atoms in total. The summed E-state index contributed by atoms with van der Waals surface area (Å²) in [6, 6.07) is 8.59. The lowest BCUT2D eigenvalue weighted by Crippen LogP contribution is -2.16. The molecular formula is C14H8Br2FNO3. The van der Waals surface area contributed by atoms with Gasteiger partial charge < -0.3 is 10.4 Å². The first-order valence-electron chi connectivity index (χ1n) is 5.68. The topological polar surface area (TPSA) is 66.4 Å². The monoisotopic (exact) mass is 415 g/mol. The molecule has 7 heteroatoms. The molecule has 0 aliphatic heterocycles. The maximum atomic E-state index is 13.5. The van der Waals surface area contributed by atoms with Gasteiger partial charge in [-0.25, -0.2) is 9.18 Å². The normalized spacial score (nSPS) is 10.2. The molecule has 2 aromatic carbocycles. The van der Waals surface area contributed by atoms with Crippen molar-refractivity contribution in [2.45, 2.75) is 0 Å². The van der Waals surface area contributed by atoms with Crippen LogP contribution in [0.5, 0.6) is 0 Å². The van der Waals surface area contributed by atoms with E-state index in [4.69, 9.17) is 5.11 Å². The first kappa shape index (κ1) is 15.7. The third-order valence-electron chi connectivity index (χ3n) is 2.65. The number of carboxylic acids is 1. The van der Waals surface area contributed by atoms with Crippen LogP contribution in [0.25, 0.3) is 0 Å². The van der Waals surface area contributed by atoms with Crippen molar-refractivity contribution in [2.75, 3.05) is 5.32 Å². The maximum absolute atomic E-state index is 13.5. The lowest BCUT2D eigenvalue weighted by atomic mass is 10.1. The van der Waals surface area contributed by atoms with Crippen LogP contribution in [0, 0.1) is 5.82 Å². The standard InChI is InChI=1S/C14H8Br2FNO3/c15-7-4-5-8(9(16)6-7)13(19)18-11-3-1-2-10(17)12(11)14(20)21/h1-6H,(H,18,19)(H,20,21). The molecule has 0 saturated heterocycles.